The zero-order valence-corrected chi connectivity index (χ0v) is 14.6. The SMILES string of the molecule is O=c1cc(COC2CCc3ccccc32)nc2nc(-c3ccccc3)[nH]n12. The molecule has 0 radical (unpaired) electrons. The molecule has 1 N–H and O–H groups in total. The van der Waals surface area contributed by atoms with Gasteiger partial charge in [0.1, 0.15) is 0 Å². The van der Waals surface area contributed by atoms with Gasteiger partial charge in [-0.25, -0.2) is 4.98 Å². The molecule has 0 fully saturated rings. The van der Waals surface area contributed by atoms with Gasteiger partial charge in [-0.15, -0.1) is 0 Å². The van der Waals surface area contributed by atoms with Crippen LogP contribution in [0.5, 0.6) is 0 Å². The number of hydrogen-bond acceptors (Lipinski definition) is 4. The van der Waals surface area contributed by atoms with E-state index in [4.69, 9.17) is 4.74 Å². The van der Waals surface area contributed by atoms with Crippen molar-refractivity contribution in [1.29, 1.82) is 0 Å². The Balaban J connectivity index is 1.41. The molecular weight excluding hydrogens is 340 g/mol. The number of fused-ring (bicyclic) bond motifs is 2. The number of aromatic amines is 1. The maximum absolute atomic E-state index is 12.4. The highest BCUT2D eigenvalue weighted by molar-refractivity contribution is 5.56. The molecule has 6 nitrogen and oxygen atoms in total. The normalized spacial score (nSPS) is 15.9. The lowest BCUT2D eigenvalue weighted by molar-refractivity contribution is 0.0391. The van der Waals surface area contributed by atoms with Crippen LogP contribution in [0.2, 0.25) is 0 Å². The van der Waals surface area contributed by atoms with Crippen LogP contribution in [0, 0.1) is 0 Å². The Bertz CT molecular complexity index is 1160. The Hall–Kier alpha value is -3.25. The molecule has 1 atom stereocenters. The van der Waals surface area contributed by atoms with Crippen molar-refractivity contribution >= 4 is 5.78 Å². The maximum Gasteiger partial charge on any atom is 0.274 e. The van der Waals surface area contributed by atoms with E-state index >= 15 is 0 Å². The highest BCUT2D eigenvalue weighted by atomic mass is 16.5. The van der Waals surface area contributed by atoms with Crippen molar-refractivity contribution in [1.82, 2.24) is 19.6 Å². The van der Waals surface area contributed by atoms with Crippen molar-refractivity contribution in [2.24, 2.45) is 0 Å². The Morgan fingerprint density at radius 1 is 1.07 bits per heavy atom. The van der Waals surface area contributed by atoms with Crippen LogP contribution < -0.4 is 5.56 Å². The summed E-state index contributed by atoms with van der Waals surface area (Å²) in [6.07, 6.45) is 2.04. The third-order valence-corrected chi connectivity index (χ3v) is 4.94. The number of aromatic nitrogens is 4. The van der Waals surface area contributed by atoms with E-state index < -0.39 is 0 Å². The second-order valence-corrected chi connectivity index (χ2v) is 6.70. The molecule has 4 aromatic rings. The van der Waals surface area contributed by atoms with Crippen LogP contribution in [0.15, 0.2) is 65.5 Å². The second-order valence-electron chi connectivity index (χ2n) is 6.70. The highest BCUT2D eigenvalue weighted by Gasteiger charge is 2.22. The van der Waals surface area contributed by atoms with Crippen LogP contribution in [0.25, 0.3) is 17.2 Å². The number of rotatable bonds is 4. The van der Waals surface area contributed by atoms with Crippen LogP contribution >= 0.6 is 0 Å². The lowest BCUT2D eigenvalue weighted by Gasteiger charge is -2.12. The standard InChI is InChI=1S/C21H18N4O2/c26-19-12-16(13-27-18-11-10-14-6-4-5-9-17(14)18)22-21-23-20(24-25(19)21)15-7-2-1-3-8-15/h1-9,12,18H,10-11,13H2,(H,22,23,24). The predicted octanol–water partition coefficient (Wildman–Crippen LogP) is 3.29. The lowest BCUT2D eigenvalue weighted by atomic mass is 10.1. The van der Waals surface area contributed by atoms with Gasteiger partial charge in [-0.1, -0.05) is 54.6 Å². The fraction of sp³-hybridized carbons (Fsp3) is 0.190. The van der Waals surface area contributed by atoms with Crippen LogP contribution in [-0.4, -0.2) is 19.6 Å². The molecule has 6 heteroatoms. The molecule has 1 aliphatic rings. The van der Waals surface area contributed by atoms with Gasteiger partial charge in [-0.05, 0) is 24.0 Å². The molecule has 1 aliphatic carbocycles. The molecule has 0 aliphatic heterocycles. The quantitative estimate of drug-likeness (QED) is 0.608. The van der Waals surface area contributed by atoms with Gasteiger partial charge in [0.15, 0.2) is 5.82 Å². The zero-order valence-electron chi connectivity index (χ0n) is 14.6. The van der Waals surface area contributed by atoms with Crippen molar-refractivity contribution < 1.29 is 4.74 Å². The summed E-state index contributed by atoms with van der Waals surface area (Å²) in [6, 6.07) is 19.5. The van der Waals surface area contributed by atoms with Gasteiger partial charge in [0.25, 0.3) is 11.3 Å². The minimum Gasteiger partial charge on any atom is -0.367 e. The zero-order chi connectivity index (χ0) is 18.2. The molecule has 134 valence electrons. The molecule has 0 bridgehead atoms. The minimum atomic E-state index is -0.194. The van der Waals surface area contributed by atoms with E-state index in [0.717, 1.165) is 18.4 Å². The average Bonchev–Trinajstić information content (AvgIpc) is 3.32. The largest absolute Gasteiger partial charge is 0.367 e. The summed E-state index contributed by atoms with van der Waals surface area (Å²) in [5, 5.41) is 3.01. The molecule has 0 spiro atoms. The van der Waals surface area contributed by atoms with Gasteiger partial charge < -0.3 is 4.74 Å². The van der Waals surface area contributed by atoms with E-state index in [9.17, 15) is 4.79 Å². The summed E-state index contributed by atoms with van der Waals surface area (Å²) in [4.78, 5) is 21.4. The second kappa shape index (κ2) is 6.48. The summed E-state index contributed by atoms with van der Waals surface area (Å²) in [7, 11) is 0. The molecule has 0 saturated carbocycles. The smallest absolute Gasteiger partial charge is 0.274 e. The van der Waals surface area contributed by atoms with Crippen molar-refractivity contribution in [2.45, 2.75) is 25.6 Å². The van der Waals surface area contributed by atoms with Crippen molar-refractivity contribution in [3.63, 3.8) is 0 Å². The van der Waals surface area contributed by atoms with Crippen molar-refractivity contribution in [3.05, 3.63) is 87.8 Å². The van der Waals surface area contributed by atoms with Crippen LogP contribution in [-0.2, 0) is 17.8 Å². The third kappa shape index (κ3) is 2.94. The lowest BCUT2D eigenvalue weighted by Crippen LogP contribution is -2.16. The van der Waals surface area contributed by atoms with E-state index in [0.29, 0.717) is 17.3 Å². The van der Waals surface area contributed by atoms with E-state index in [1.165, 1.54) is 21.7 Å². The number of H-pyrrole nitrogens is 1. The molecule has 27 heavy (non-hydrogen) atoms. The number of benzene rings is 2. The van der Waals surface area contributed by atoms with Crippen molar-refractivity contribution in [2.75, 3.05) is 0 Å². The topological polar surface area (TPSA) is 72.3 Å². The summed E-state index contributed by atoms with van der Waals surface area (Å²) < 4.78 is 7.42. The number of ether oxygens (including phenoxy) is 1. The first-order valence-electron chi connectivity index (χ1n) is 9.01. The fourth-order valence-corrected chi connectivity index (χ4v) is 3.60. The first-order valence-corrected chi connectivity index (χ1v) is 9.01. The monoisotopic (exact) mass is 358 g/mol. The Morgan fingerprint density at radius 3 is 2.78 bits per heavy atom. The first-order chi connectivity index (χ1) is 13.3. The van der Waals surface area contributed by atoms with Gasteiger partial charge in [0, 0.05) is 11.6 Å². The van der Waals surface area contributed by atoms with Crippen molar-refractivity contribution in [3.8, 4) is 11.4 Å². The Labute approximate surface area is 155 Å². The van der Waals surface area contributed by atoms with Gasteiger partial charge in [-0.2, -0.15) is 9.50 Å². The van der Waals surface area contributed by atoms with E-state index in [1.807, 2.05) is 36.4 Å². The molecule has 2 aromatic heterocycles. The van der Waals surface area contributed by atoms with E-state index in [1.54, 1.807) is 0 Å². The molecular formula is C21H18N4O2. The average molecular weight is 358 g/mol. The molecule has 2 heterocycles. The van der Waals surface area contributed by atoms with Gasteiger partial charge in [0.2, 0.25) is 0 Å². The number of nitrogens with zero attached hydrogens (tertiary/aromatic N) is 3. The molecule has 5 rings (SSSR count). The van der Waals surface area contributed by atoms with Gasteiger partial charge in [-0.3, -0.25) is 9.89 Å². The number of aryl methyl sites for hydroxylation is 1. The molecule has 0 amide bonds. The minimum absolute atomic E-state index is 0.0560. The first kappa shape index (κ1) is 16.0. The van der Waals surface area contributed by atoms with Gasteiger partial charge in [0.05, 0.1) is 18.4 Å². The molecule has 2 aromatic carbocycles. The Kier molecular flexibility index (Phi) is 3.83. The highest BCUT2D eigenvalue weighted by Crippen LogP contribution is 2.34. The summed E-state index contributed by atoms with van der Waals surface area (Å²) in [5.74, 6) is 0.967. The summed E-state index contributed by atoms with van der Waals surface area (Å²) >= 11 is 0. The van der Waals surface area contributed by atoms with Gasteiger partial charge >= 0.3 is 0 Å². The summed E-state index contributed by atoms with van der Waals surface area (Å²) in [5.41, 5.74) is 3.88. The predicted molar refractivity (Wildman–Crippen MR) is 101 cm³/mol. The molecule has 1 unspecified atom stereocenters. The van der Waals surface area contributed by atoms with Crippen LogP contribution in [0.4, 0.5) is 0 Å². The van der Waals surface area contributed by atoms with E-state index in [2.05, 4.69) is 33.3 Å². The van der Waals surface area contributed by atoms with Crippen LogP contribution in [0.1, 0.15) is 29.3 Å². The molecule has 0 saturated heterocycles. The van der Waals surface area contributed by atoms with E-state index in [-0.39, 0.29) is 18.3 Å². The maximum atomic E-state index is 12.4. The summed E-state index contributed by atoms with van der Waals surface area (Å²) in [6.45, 7) is 0.290. The fourth-order valence-electron chi connectivity index (χ4n) is 3.60. The number of nitrogens with one attached hydrogen (secondary N) is 1. The number of hydrogen-bond donors (Lipinski definition) is 1. The van der Waals surface area contributed by atoms with Crippen LogP contribution in [0.3, 0.4) is 0 Å². The third-order valence-electron chi connectivity index (χ3n) is 4.94. The Morgan fingerprint density at radius 2 is 1.89 bits per heavy atom.